The number of amides is 2. The van der Waals surface area contributed by atoms with Gasteiger partial charge in [0.2, 0.25) is 0 Å². The Morgan fingerprint density at radius 1 is 1.46 bits per heavy atom. The molecular formula is C15H15FN6OS. The summed E-state index contributed by atoms with van der Waals surface area (Å²) in [7, 11) is 0. The molecule has 0 saturated heterocycles. The van der Waals surface area contributed by atoms with Gasteiger partial charge in [0, 0.05) is 12.5 Å². The first kappa shape index (κ1) is 15.0. The lowest BCUT2D eigenvalue weighted by molar-refractivity contribution is 0.243. The van der Waals surface area contributed by atoms with E-state index in [2.05, 4.69) is 25.7 Å². The molecule has 0 bridgehead atoms. The van der Waals surface area contributed by atoms with E-state index in [0.717, 1.165) is 23.4 Å². The number of carbonyl (C=O) groups excluding carboxylic acids is 1. The van der Waals surface area contributed by atoms with Crippen molar-refractivity contribution in [1.29, 1.82) is 0 Å². The minimum atomic E-state index is -0.320. The zero-order chi connectivity index (χ0) is 16.7. The molecule has 9 heteroatoms. The monoisotopic (exact) mass is 346 g/mol. The van der Waals surface area contributed by atoms with E-state index >= 15 is 0 Å². The van der Waals surface area contributed by atoms with Crippen LogP contribution in [0.25, 0.3) is 10.2 Å². The number of rotatable bonds is 2. The number of halogens is 1. The number of aryl methyl sites for hydroxylation is 2. The van der Waals surface area contributed by atoms with Crippen LogP contribution < -0.4 is 10.6 Å². The molecule has 124 valence electrons. The van der Waals surface area contributed by atoms with E-state index in [1.165, 1.54) is 23.7 Å². The average molecular weight is 346 g/mol. The Morgan fingerprint density at radius 3 is 3.21 bits per heavy atom. The predicted octanol–water partition coefficient (Wildman–Crippen LogP) is 2.47. The minimum absolute atomic E-state index is 0.00623. The first-order valence-electron chi connectivity index (χ1n) is 7.59. The number of urea groups is 1. The van der Waals surface area contributed by atoms with E-state index in [9.17, 15) is 9.18 Å². The second-order valence-corrected chi connectivity index (χ2v) is 6.81. The summed E-state index contributed by atoms with van der Waals surface area (Å²) < 4.78 is 16.2. The van der Waals surface area contributed by atoms with Crippen LogP contribution in [0.5, 0.6) is 0 Å². The molecule has 4 rings (SSSR count). The molecule has 2 amide bonds. The van der Waals surface area contributed by atoms with Crippen molar-refractivity contribution >= 4 is 32.7 Å². The van der Waals surface area contributed by atoms with Gasteiger partial charge in [-0.25, -0.2) is 23.8 Å². The number of fused-ring (bicyclic) bond motifs is 2. The highest BCUT2D eigenvalue weighted by Gasteiger charge is 2.21. The van der Waals surface area contributed by atoms with E-state index in [1.54, 1.807) is 17.7 Å². The van der Waals surface area contributed by atoms with Gasteiger partial charge in [0.05, 0.1) is 22.8 Å². The maximum absolute atomic E-state index is 13.6. The molecule has 3 heterocycles. The van der Waals surface area contributed by atoms with E-state index < -0.39 is 0 Å². The average Bonchev–Trinajstić information content (AvgIpc) is 3.13. The van der Waals surface area contributed by atoms with Gasteiger partial charge in [-0.05, 0) is 25.0 Å². The molecule has 1 aliphatic rings. The minimum Gasteiger partial charge on any atom is -0.333 e. The van der Waals surface area contributed by atoms with Crippen molar-refractivity contribution in [3.05, 3.63) is 35.7 Å². The van der Waals surface area contributed by atoms with Gasteiger partial charge in [0.15, 0.2) is 5.13 Å². The summed E-state index contributed by atoms with van der Waals surface area (Å²) in [5.74, 6) is 0.645. The topological polar surface area (TPSA) is 84.7 Å². The van der Waals surface area contributed by atoms with Gasteiger partial charge in [-0.2, -0.15) is 5.10 Å². The molecule has 3 aromatic rings. The van der Waals surface area contributed by atoms with Crippen LogP contribution in [-0.2, 0) is 13.0 Å². The maximum Gasteiger partial charge on any atom is 0.321 e. The number of aromatic nitrogens is 4. The van der Waals surface area contributed by atoms with Crippen molar-refractivity contribution in [1.82, 2.24) is 25.1 Å². The first-order chi connectivity index (χ1) is 11.6. The smallest absolute Gasteiger partial charge is 0.321 e. The van der Waals surface area contributed by atoms with E-state index in [4.69, 9.17) is 0 Å². The van der Waals surface area contributed by atoms with Gasteiger partial charge in [0.1, 0.15) is 18.0 Å². The third kappa shape index (κ3) is 2.82. The summed E-state index contributed by atoms with van der Waals surface area (Å²) >= 11 is 1.32. The number of nitrogens with one attached hydrogen (secondary N) is 2. The Bertz CT molecular complexity index is 881. The quantitative estimate of drug-likeness (QED) is 0.746. The Kier molecular flexibility index (Phi) is 3.64. The summed E-state index contributed by atoms with van der Waals surface area (Å²) in [6, 6.07) is 2.80. The van der Waals surface area contributed by atoms with Crippen molar-refractivity contribution in [2.24, 2.45) is 0 Å². The number of thiazole rings is 1. The van der Waals surface area contributed by atoms with Crippen LogP contribution in [0.1, 0.15) is 17.8 Å². The van der Waals surface area contributed by atoms with Crippen LogP contribution in [0.4, 0.5) is 14.3 Å². The molecule has 24 heavy (non-hydrogen) atoms. The number of carbonyl (C=O) groups is 1. The van der Waals surface area contributed by atoms with Gasteiger partial charge in [-0.3, -0.25) is 5.32 Å². The van der Waals surface area contributed by atoms with E-state index in [0.29, 0.717) is 22.8 Å². The Labute approximate surface area is 140 Å². The summed E-state index contributed by atoms with van der Waals surface area (Å²) in [5.41, 5.74) is 1.11. The van der Waals surface area contributed by atoms with Crippen LogP contribution in [0.15, 0.2) is 18.5 Å². The number of nitrogens with zero attached hydrogens (tertiary/aromatic N) is 4. The normalized spacial score (nSPS) is 16.8. The van der Waals surface area contributed by atoms with Crippen molar-refractivity contribution in [2.75, 3.05) is 5.32 Å². The lowest BCUT2D eigenvalue weighted by atomic mass is 10.1. The molecule has 1 aliphatic heterocycles. The highest BCUT2D eigenvalue weighted by molar-refractivity contribution is 7.22. The van der Waals surface area contributed by atoms with E-state index in [-0.39, 0.29) is 17.9 Å². The summed E-state index contributed by atoms with van der Waals surface area (Å²) in [4.78, 5) is 20.6. The third-order valence-electron chi connectivity index (χ3n) is 4.03. The Hall–Kier alpha value is -2.55. The van der Waals surface area contributed by atoms with Gasteiger partial charge in [-0.1, -0.05) is 11.3 Å². The molecule has 1 unspecified atom stereocenters. The summed E-state index contributed by atoms with van der Waals surface area (Å²) in [6.45, 7) is 2.31. The number of hydrogen-bond acceptors (Lipinski definition) is 5. The van der Waals surface area contributed by atoms with Crippen LogP contribution in [0, 0.1) is 12.7 Å². The maximum atomic E-state index is 13.6. The standard InChI is InChI=1S/C15H15FN6OS/c1-8-4-12-11(5-10(8)16)20-15(24-12)21-14(23)19-9-2-3-13-17-7-18-22(13)6-9/h4-5,7,9H,2-3,6H2,1H3,(H2,19,20,21,23). The molecule has 0 spiro atoms. The van der Waals surface area contributed by atoms with E-state index in [1.807, 2.05) is 0 Å². The predicted molar refractivity (Wildman–Crippen MR) is 88.6 cm³/mol. The molecule has 0 saturated carbocycles. The highest BCUT2D eigenvalue weighted by Crippen LogP contribution is 2.28. The zero-order valence-electron chi connectivity index (χ0n) is 12.9. The largest absolute Gasteiger partial charge is 0.333 e. The third-order valence-corrected chi connectivity index (χ3v) is 4.96. The van der Waals surface area contributed by atoms with Crippen molar-refractivity contribution < 1.29 is 9.18 Å². The molecule has 2 N–H and O–H groups in total. The fourth-order valence-corrected chi connectivity index (χ4v) is 3.72. The second kappa shape index (κ2) is 5.82. The molecule has 0 aliphatic carbocycles. The van der Waals surface area contributed by atoms with Gasteiger partial charge >= 0.3 is 6.03 Å². The zero-order valence-corrected chi connectivity index (χ0v) is 13.7. The lowest BCUT2D eigenvalue weighted by Gasteiger charge is -2.23. The molecule has 1 aromatic carbocycles. The summed E-state index contributed by atoms with van der Waals surface area (Å²) in [5, 5.41) is 10.2. The SMILES string of the molecule is Cc1cc2sc(NC(=O)NC3CCc4ncnn4C3)nc2cc1F. The highest BCUT2D eigenvalue weighted by atomic mass is 32.1. The molecule has 0 radical (unpaired) electrons. The molecule has 1 atom stereocenters. The Morgan fingerprint density at radius 2 is 2.33 bits per heavy atom. The molecular weight excluding hydrogens is 331 g/mol. The first-order valence-corrected chi connectivity index (χ1v) is 8.41. The number of benzene rings is 1. The fourth-order valence-electron chi connectivity index (χ4n) is 2.78. The number of anilines is 1. The second-order valence-electron chi connectivity index (χ2n) is 5.78. The lowest BCUT2D eigenvalue weighted by Crippen LogP contribution is -2.43. The molecule has 7 nitrogen and oxygen atoms in total. The summed E-state index contributed by atoms with van der Waals surface area (Å²) in [6.07, 6.45) is 3.13. The van der Waals surface area contributed by atoms with Gasteiger partial charge < -0.3 is 5.32 Å². The van der Waals surface area contributed by atoms with Crippen molar-refractivity contribution in [3.63, 3.8) is 0 Å². The van der Waals surface area contributed by atoms with Crippen LogP contribution >= 0.6 is 11.3 Å². The van der Waals surface area contributed by atoms with Gasteiger partial charge in [-0.15, -0.1) is 0 Å². The molecule has 0 fully saturated rings. The van der Waals surface area contributed by atoms with Crippen LogP contribution in [0.3, 0.4) is 0 Å². The van der Waals surface area contributed by atoms with Crippen molar-refractivity contribution in [2.45, 2.75) is 32.4 Å². The van der Waals surface area contributed by atoms with Crippen LogP contribution in [-0.4, -0.2) is 31.8 Å². The molecule has 2 aromatic heterocycles. The fraction of sp³-hybridized carbons (Fsp3) is 0.333. The van der Waals surface area contributed by atoms with Crippen molar-refractivity contribution in [3.8, 4) is 0 Å². The van der Waals surface area contributed by atoms with Gasteiger partial charge in [0.25, 0.3) is 0 Å². The Balaban J connectivity index is 1.43. The van der Waals surface area contributed by atoms with Crippen LogP contribution in [0.2, 0.25) is 0 Å². The number of hydrogen-bond donors (Lipinski definition) is 2.